The van der Waals surface area contributed by atoms with Crippen LogP contribution in [-0.4, -0.2) is 46.1 Å². The van der Waals surface area contributed by atoms with Crippen molar-refractivity contribution in [1.29, 1.82) is 0 Å². The Balaban J connectivity index is 1.71. The second-order valence-electron chi connectivity index (χ2n) is 5.06. The number of sulfone groups is 1. The monoisotopic (exact) mass is 303 g/mol. The van der Waals surface area contributed by atoms with Gasteiger partial charge in [-0.25, -0.2) is 30.3 Å². The number of hydrogen-bond donors (Lipinski definition) is 1. The predicted molar refractivity (Wildman–Crippen MR) is 61.7 cm³/mol. The van der Waals surface area contributed by atoms with Crippen LogP contribution in [0.4, 0.5) is 8.78 Å². The molecule has 0 amide bonds. The SMILES string of the molecule is O=S1(=O)CC(S(=O)(=O)NCCC2CC(F)(F)C2)C1. The molecule has 1 saturated heterocycles. The van der Waals surface area contributed by atoms with E-state index in [1.54, 1.807) is 0 Å². The predicted octanol–water partition coefficient (Wildman–Crippen LogP) is 0.138. The van der Waals surface area contributed by atoms with Gasteiger partial charge in [-0.05, 0) is 12.3 Å². The van der Waals surface area contributed by atoms with Crippen molar-refractivity contribution < 1.29 is 25.6 Å². The lowest BCUT2D eigenvalue weighted by Crippen LogP contribution is -2.51. The first-order chi connectivity index (χ1) is 8.10. The molecule has 18 heavy (non-hydrogen) atoms. The van der Waals surface area contributed by atoms with Gasteiger partial charge in [0.1, 0.15) is 5.25 Å². The molecule has 0 radical (unpaired) electrons. The molecule has 2 aliphatic rings. The van der Waals surface area contributed by atoms with Gasteiger partial charge in [-0.1, -0.05) is 0 Å². The first-order valence-electron chi connectivity index (χ1n) is 5.66. The van der Waals surface area contributed by atoms with Crippen molar-refractivity contribution in [2.24, 2.45) is 5.92 Å². The summed E-state index contributed by atoms with van der Waals surface area (Å²) in [6.45, 7) is 0.0969. The first kappa shape index (κ1) is 14.1. The van der Waals surface area contributed by atoms with Gasteiger partial charge in [0.15, 0.2) is 9.84 Å². The van der Waals surface area contributed by atoms with Gasteiger partial charge < -0.3 is 0 Å². The summed E-state index contributed by atoms with van der Waals surface area (Å²) < 4.78 is 72.3. The maximum absolute atomic E-state index is 12.5. The summed E-state index contributed by atoms with van der Waals surface area (Å²) in [5.74, 6) is -3.42. The maximum atomic E-state index is 12.5. The van der Waals surface area contributed by atoms with Crippen LogP contribution in [0.25, 0.3) is 0 Å². The Morgan fingerprint density at radius 3 is 2.22 bits per heavy atom. The molecule has 106 valence electrons. The van der Waals surface area contributed by atoms with Crippen molar-refractivity contribution in [3.8, 4) is 0 Å². The third-order valence-corrected chi connectivity index (χ3v) is 7.41. The van der Waals surface area contributed by atoms with Crippen LogP contribution in [-0.2, 0) is 19.9 Å². The van der Waals surface area contributed by atoms with Gasteiger partial charge in [-0.15, -0.1) is 0 Å². The number of halogens is 2. The standard InChI is InChI=1S/C9H15F2NO4S2/c10-9(11)3-7(4-9)1-2-12-18(15,16)8-5-17(13,14)6-8/h7-8,12H,1-6H2. The van der Waals surface area contributed by atoms with Crippen LogP contribution < -0.4 is 4.72 Å². The summed E-state index contributed by atoms with van der Waals surface area (Å²) in [4.78, 5) is 0. The minimum atomic E-state index is -3.62. The van der Waals surface area contributed by atoms with E-state index in [4.69, 9.17) is 0 Å². The number of rotatable bonds is 5. The summed E-state index contributed by atoms with van der Waals surface area (Å²) >= 11 is 0. The van der Waals surface area contributed by atoms with Crippen molar-refractivity contribution >= 4 is 19.9 Å². The van der Waals surface area contributed by atoms with Gasteiger partial charge in [0, 0.05) is 19.4 Å². The van der Waals surface area contributed by atoms with Gasteiger partial charge in [-0.3, -0.25) is 0 Å². The molecule has 2 rings (SSSR count). The van der Waals surface area contributed by atoms with E-state index in [0.717, 1.165) is 0 Å². The van der Waals surface area contributed by atoms with E-state index in [-0.39, 0.29) is 36.8 Å². The minimum absolute atomic E-state index is 0.0969. The van der Waals surface area contributed by atoms with E-state index in [1.165, 1.54) is 0 Å². The molecule has 0 aromatic rings. The lowest BCUT2D eigenvalue weighted by Gasteiger charge is -2.35. The maximum Gasteiger partial charge on any atom is 0.248 e. The highest BCUT2D eigenvalue weighted by Crippen LogP contribution is 2.43. The molecule has 0 unspecified atom stereocenters. The lowest BCUT2D eigenvalue weighted by molar-refractivity contribution is -0.111. The van der Waals surface area contributed by atoms with Crippen molar-refractivity contribution in [2.45, 2.75) is 30.4 Å². The molecule has 5 nitrogen and oxygen atoms in total. The average molecular weight is 303 g/mol. The second-order valence-corrected chi connectivity index (χ2v) is 9.26. The zero-order chi connectivity index (χ0) is 13.6. The average Bonchev–Trinajstić information content (AvgIpc) is 2.10. The fourth-order valence-corrected chi connectivity index (χ4v) is 6.56. The van der Waals surface area contributed by atoms with Crippen LogP contribution in [0.1, 0.15) is 19.3 Å². The summed E-state index contributed by atoms with van der Waals surface area (Å²) in [6, 6.07) is 0. The van der Waals surface area contributed by atoms with Crippen LogP contribution in [0.3, 0.4) is 0 Å². The summed E-state index contributed by atoms with van der Waals surface area (Å²) in [5.41, 5.74) is 0. The molecule has 1 N–H and O–H groups in total. The molecule has 1 heterocycles. The molecule has 1 aliphatic heterocycles. The Morgan fingerprint density at radius 1 is 1.22 bits per heavy atom. The number of hydrogen-bond acceptors (Lipinski definition) is 4. The third kappa shape index (κ3) is 3.18. The fourth-order valence-electron chi connectivity index (χ4n) is 2.21. The number of nitrogens with one attached hydrogen (secondary N) is 1. The molecular formula is C9H15F2NO4S2. The molecule has 0 aromatic heterocycles. The van der Waals surface area contributed by atoms with E-state index >= 15 is 0 Å². The zero-order valence-corrected chi connectivity index (χ0v) is 11.2. The quantitative estimate of drug-likeness (QED) is 0.783. The van der Waals surface area contributed by atoms with Crippen molar-refractivity contribution in [3.05, 3.63) is 0 Å². The van der Waals surface area contributed by atoms with Crippen molar-refractivity contribution in [2.75, 3.05) is 18.1 Å². The highest BCUT2D eigenvalue weighted by Gasteiger charge is 2.45. The van der Waals surface area contributed by atoms with Crippen molar-refractivity contribution in [1.82, 2.24) is 4.72 Å². The molecule has 0 spiro atoms. The largest absolute Gasteiger partial charge is 0.248 e. The van der Waals surface area contributed by atoms with Gasteiger partial charge in [0.25, 0.3) is 0 Å². The Morgan fingerprint density at radius 2 is 1.78 bits per heavy atom. The van der Waals surface area contributed by atoms with E-state index in [2.05, 4.69) is 4.72 Å². The molecular weight excluding hydrogens is 288 g/mol. The highest BCUT2D eigenvalue weighted by molar-refractivity contribution is 7.98. The Bertz CT molecular complexity index is 509. The van der Waals surface area contributed by atoms with Crippen LogP contribution >= 0.6 is 0 Å². The molecule has 2 fully saturated rings. The molecule has 0 atom stereocenters. The van der Waals surface area contributed by atoms with Crippen LogP contribution in [0.5, 0.6) is 0 Å². The van der Waals surface area contributed by atoms with Crippen LogP contribution in [0.15, 0.2) is 0 Å². The van der Waals surface area contributed by atoms with Crippen molar-refractivity contribution in [3.63, 3.8) is 0 Å². The summed E-state index contributed by atoms with van der Waals surface area (Å²) in [5, 5.41) is -0.884. The Kier molecular flexibility index (Phi) is 3.44. The van der Waals surface area contributed by atoms with E-state index in [1.807, 2.05) is 0 Å². The topological polar surface area (TPSA) is 80.3 Å². The first-order valence-corrected chi connectivity index (χ1v) is 9.03. The molecule has 1 saturated carbocycles. The smallest absolute Gasteiger partial charge is 0.229 e. The zero-order valence-electron chi connectivity index (χ0n) is 9.60. The normalized spacial score (nSPS) is 27.4. The van der Waals surface area contributed by atoms with Gasteiger partial charge in [-0.2, -0.15) is 0 Å². The molecule has 0 bridgehead atoms. The molecule has 0 aromatic carbocycles. The van der Waals surface area contributed by atoms with E-state index < -0.39 is 31.0 Å². The second kappa shape index (κ2) is 4.38. The fraction of sp³-hybridized carbons (Fsp3) is 1.00. The van der Waals surface area contributed by atoms with Gasteiger partial charge >= 0.3 is 0 Å². The Labute approximate surface area is 105 Å². The van der Waals surface area contributed by atoms with E-state index in [9.17, 15) is 25.6 Å². The number of sulfonamides is 1. The third-order valence-electron chi connectivity index (χ3n) is 3.35. The van der Waals surface area contributed by atoms with Gasteiger partial charge in [0.05, 0.1) is 11.5 Å². The Hall–Kier alpha value is -0.280. The minimum Gasteiger partial charge on any atom is -0.229 e. The molecule has 1 aliphatic carbocycles. The number of alkyl halides is 2. The highest BCUT2D eigenvalue weighted by atomic mass is 32.2. The molecule has 9 heteroatoms. The summed E-state index contributed by atoms with van der Waals surface area (Å²) in [7, 11) is -6.80. The van der Waals surface area contributed by atoms with Gasteiger partial charge in [0.2, 0.25) is 15.9 Å². The summed E-state index contributed by atoms with van der Waals surface area (Å²) in [6.07, 6.45) is -0.00659. The van der Waals surface area contributed by atoms with E-state index in [0.29, 0.717) is 6.42 Å². The van der Waals surface area contributed by atoms with Crippen LogP contribution in [0, 0.1) is 5.92 Å². The van der Waals surface area contributed by atoms with Crippen LogP contribution in [0.2, 0.25) is 0 Å². The lowest BCUT2D eigenvalue weighted by atomic mass is 9.79.